The molecular weight excluding hydrogens is 366 g/mol. The van der Waals surface area contributed by atoms with Crippen molar-refractivity contribution < 1.29 is 9.53 Å². The van der Waals surface area contributed by atoms with Gasteiger partial charge in [-0.1, -0.05) is 32.0 Å². The number of hydrogen-bond donors (Lipinski definition) is 2. The standard InChI is InChI=1S/C22H35N5O2/c1-4-23-22(25-19-9-10-27(16-19)21(28)17(2)3)24-15-18-7-5-6-8-20(18)26-11-13-29-14-12-26/h5-8,17,19H,4,9-16H2,1-3H3,(H2,23,24,25). The van der Waals surface area contributed by atoms with Crippen LogP contribution in [0.15, 0.2) is 29.3 Å². The maximum absolute atomic E-state index is 12.2. The Hall–Kier alpha value is -2.28. The van der Waals surface area contributed by atoms with E-state index in [1.165, 1.54) is 11.3 Å². The van der Waals surface area contributed by atoms with Crippen LogP contribution in [0.3, 0.4) is 0 Å². The van der Waals surface area contributed by atoms with Gasteiger partial charge in [-0.3, -0.25) is 4.79 Å². The number of hydrogen-bond acceptors (Lipinski definition) is 4. The normalized spacial score (nSPS) is 20.3. The van der Waals surface area contributed by atoms with Crippen LogP contribution in [0, 0.1) is 5.92 Å². The maximum atomic E-state index is 12.2. The molecule has 1 amide bonds. The van der Waals surface area contributed by atoms with Crippen molar-refractivity contribution in [3.05, 3.63) is 29.8 Å². The fraction of sp³-hybridized carbons (Fsp3) is 0.636. The molecule has 1 unspecified atom stereocenters. The lowest BCUT2D eigenvalue weighted by Crippen LogP contribution is -2.45. The molecule has 0 radical (unpaired) electrons. The smallest absolute Gasteiger partial charge is 0.225 e. The van der Waals surface area contributed by atoms with Gasteiger partial charge in [0.15, 0.2) is 5.96 Å². The zero-order chi connectivity index (χ0) is 20.6. The molecular formula is C22H35N5O2. The Labute approximate surface area is 174 Å². The van der Waals surface area contributed by atoms with E-state index in [4.69, 9.17) is 9.73 Å². The number of aliphatic imine (C=N–C) groups is 1. The lowest BCUT2D eigenvalue weighted by atomic mass is 10.1. The highest BCUT2D eigenvalue weighted by Gasteiger charge is 2.28. The molecule has 2 saturated heterocycles. The molecule has 160 valence electrons. The molecule has 0 spiro atoms. The zero-order valence-corrected chi connectivity index (χ0v) is 18.0. The molecule has 1 aromatic carbocycles. The number of para-hydroxylation sites is 1. The van der Waals surface area contributed by atoms with Crippen molar-refractivity contribution in [2.24, 2.45) is 10.9 Å². The van der Waals surface area contributed by atoms with Gasteiger partial charge in [0.1, 0.15) is 0 Å². The lowest BCUT2D eigenvalue weighted by Gasteiger charge is -2.30. The highest BCUT2D eigenvalue weighted by Crippen LogP contribution is 2.22. The molecule has 7 nitrogen and oxygen atoms in total. The average Bonchev–Trinajstić information content (AvgIpc) is 3.21. The van der Waals surface area contributed by atoms with E-state index in [-0.39, 0.29) is 17.9 Å². The molecule has 1 aromatic rings. The van der Waals surface area contributed by atoms with Gasteiger partial charge in [0, 0.05) is 50.4 Å². The highest BCUT2D eigenvalue weighted by atomic mass is 16.5. The van der Waals surface area contributed by atoms with Crippen LogP contribution in [-0.2, 0) is 16.1 Å². The topological polar surface area (TPSA) is 69.2 Å². The van der Waals surface area contributed by atoms with Crippen molar-refractivity contribution in [2.75, 3.05) is 50.8 Å². The van der Waals surface area contributed by atoms with Gasteiger partial charge in [-0.2, -0.15) is 0 Å². The fourth-order valence-corrected chi connectivity index (χ4v) is 3.88. The van der Waals surface area contributed by atoms with E-state index in [0.717, 1.165) is 58.3 Å². The quantitative estimate of drug-likeness (QED) is 0.562. The molecule has 0 aromatic heterocycles. The van der Waals surface area contributed by atoms with Crippen LogP contribution in [-0.4, -0.2) is 68.7 Å². The number of rotatable bonds is 6. The summed E-state index contributed by atoms with van der Waals surface area (Å²) >= 11 is 0. The third kappa shape index (κ3) is 5.85. The van der Waals surface area contributed by atoms with E-state index in [9.17, 15) is 4.79 Å². The Morgan fingerprint density at radius 3 is 2.72 bits per heavy atom. The molecule has 1 atom stereocenters. The Bertz CT molecular complexity index is 700. The molecule has 29 heavy (non-hydrogen) atoms. The van der Waals surface area contributed by atoms with Gasteiger partial charge in [-0.05, 0) is 25.0 Å². The molecule has 3 rings (SSSR count). The van der Waals surface area contributed by atoms with Crippen molar-refractivity contribution in [3.8, 4) is 0 Å². The summed E-state index contributed by atoms with van der Waals surface area (Å²) < 4.78 is 5.49. The third-order valence-electron chi connectivity index (χ3n) is 5.43. The van der Waals surface area contributed by atoms with Gasteiger partial charge in [-0.25, -0.2) is 4.99 Å². The minimum Gasteiger partial charge on any atom is -0.378 e. The first-order valence-electron chi connectivity index (χ1n) is 10.8. The number of carbonyl (C=O) groups is 1. The number of amides is 1. The van der Waals surface area contributed by atoms with Crippen molar-refractivity contribution in [3.63, 3.8) is 0 Å². The number of nitrogens with zero attached hydrogens (tertiary/aromatic N) is 3. The highest BCUT2D eigenvalue weighted by molar-refractivity contribution is 5.81. The summed E-state index contributed by atoms with van der Waals surface area (Å²) in [5.41, 5.74) is 2.46. The number of carbonyl (C=O) groups excluding carboxylic acids is 1. The van der Waals surface area contributed by atoms with Gasteiger partial charge < -0.3 is 25.2 Å². The van der Waals surface area contributed by atoms with Gasteiger partial charge in [-0.15, -0.1) is 0 Å². The Kier molecular flexibility index (Phi) is 7.75. The molecule has 0 bridgehead atoms. The van der Waals surface area contributed by atoms with Gasteiger partial charge >= 0.3 is 0 Å². The third-order valence-corrected chi connectivity index (χ3v) is 5.43. The average molecular weight is 402 g/mol. The van der Waals surface area contributed by atoms with Gasteiger partial charge in [0.2, 0.25) is 5.91 Å². The van der Waals surface area contributed by atoms with Crippen LogP contribution in [0.5, 0.6) is 0 Å². The number of ether oxygens (including phenoxy) is 1. The predicted octanol–water partition coefficient (Wildman–Crippen LogP) is 1.84. The number of morpholine rings is 1. The SMILES string of the molecule is CCNC(=NCc1ccccc1N1CCOCC1)NC1CCN(C(=O)C(C)C)C1. The number of guanidine groups is 1. The first-order chi connectivity index (χ1) is 14.1. The summed E-state index contributed by atoms with van der Waals surface area (Å²) in [5, 5.41) is 6.87. The summed E-state index contributed by atoms with van der Waals surface area (Å²) in [7, 11) is 0. The second-order valence-electron chi connectivity index (χ2n) is 7.99. The van der Waals surface area contributed by atoms with E-state index in [1.807, 2.05) is 18.7 Å². The minimum atomic E-state index is 0.0485. The Morgan fingerprint density at radius 2 is 2.00 bits per heavy atom. The van der Waals surface area contributed by atoms with Crippen LogP contribution in [0.1, 0.15) is 32.8 Å². The molecule has 7 heteroatoms. The number of benzene rings is 1. The predicted molar refractivity (Wildman–Crippen MR) is 117 cm³/mol. The maximum Gasteiger partial charge on any atom is 0.225 e. The van der Waals surface area contributed by atoms with Crippen LogP contribution in [0.25, 0.3) is 0 Å². The van der Waals surface area contributed by atoms with Crippen molar-refractivity contribution in [1.82, 2.24) is 15.5 Å². The summed E-state index contributed by atoms with van der Waals surface area (Å²) in [6, 6.07) is 8.71. The number of anilines is 1. The van der Waals surface area contributed by atoms with E-state index in [1.54, 1.807) is 0 Å². The largest absolute Gasteiger partial charge is 0.378 e. The zero-order valence-electron chi connectivity index (χ0n) is 18.0. The lowest BCUT2D eigenvalue weighted by molar-refractivity contribution is -0.133. The first kappa shape index (κ1) is 21.4. The first-order valence-corrected chi connectivity index (χ1v) is 10.8. The summed E-state index contributed by atoms with van der Waals surface area (Å²) in [5.74, 6) is 1.09. The molecule has 2 heterocycles. The molecule has 2 N–H and O–H groups in total. The summed E-state index contributed by atoms with van der Waals surface area (Å²) in [6.45, 7) is 12.3. The van der Waals surface area contributed by atoms with Gasteiger partial charge in [0.05, 0.1) is 19.8 Å². The van der Waals surface area contributed by atoms with E-state index >= 15 is 0 Å². The molecule has 2 fully saturated rings. The van der Waals surface area contributed by atoms with Crippen LogP contribution >= 0.6 is 0 Å². The van der Waals surface area contributed by atoms with E-state index in [0.29, 0.717) is 6.54 Å². The fourth-order valence-electron chi connectivity index (χ4n) is 3.88. The van der Waals surface area contributed by atoms with Crippen molar-refractivity contribution in [1.29, 1.82) is 0 Å². The molecule has 0 saturated carbocycles. The summed E-state index contributed by atoms with van der Waals surface area (Å²) in [4.78, 5) is 21.4. The molecule has 2 aliphatic rings. The summed E-state index contributed by atoms with van der Waals surface area (Å²) in [6.07, 6.45) is 0.952. The van der Waals surface area contributed by atoms with E-state index in [2.05, 4.69) is 46.7 Å². The Morgan fingerprint density at radius 1 is 1.24 bits per heavy atom. The van der Waals surface area contributed by atoms with E-state index < -0.39 is 0 Å². The van der Waals surface area contributed by atoms with Crippen LogP contribution < -0.4 is 15.5 Å². The second-order valence-corrected chi connectivity index (χ2v) is 7.99. The number of nitrogens with one attached hydrogen (secondary N) is 2. The van der Waals surface area contributed by atoms with Crippen molar-refractivity contribution in [2.45, 2.75) is 39.8 Å². The van der Waals surface area contributed by atoms with Gasteiger partial charge in [0.25, 0.3) is 0 Å². The van der Waals surface area contributed by atoms with Crippen LogP contribution in [0.4, 0.5) is 5.69 Å². The monoisotopic (exact) mass is 401 g/mol. The second kappa shape index (κ2) is 10.5. The van der Waals surface area contributed by atoms with Crippen LogP contribution in [0.2, 0.25) is 0 Å². The number of likely N-dealkylation sites (tertiary alicyclic amines) is 1. The minimum absolute atomic E-state index is 0.0485. The van der Waals surface area contributed by atoms with Crippen molar-refractivity contribution >= 4 is 17.6 Å². The Balaban J connectivity index is 1.64. The molecule has 0 aliphatic carbocycles. The molecule has 2 aliphatic heterocycles.